The summed E-state index contributed by atoms with van der Waals surface area (Å²) in [6.07, 6.45) is -5.01. The first-order valence-corrected chi connectivity index (χ1v) is 9.80. The van der Waals surface area contributed by atoms with Crippen LogP contribution in [-0.2, 0) is 12.6 Å². The second kappa shape index (κ2) is 9.63. The summed E-state index contributed by atoms with van der Waals surface area (Å²) in [5.41, 5.74) is -0.985. The van der Waals surface area contributed by atoms with Crippen molar-refractivity contribution in [1.82, 2.24) is 0 Å². The number of alkyl halides is 3. The van der Waals surface area contributed by atoms with Crippen LogP contribution < -0.4 is 5.32 Å². The van der Waals surface area contributed by atoms with Crippen LogP contribution in [0.3, 0.4) is 0 Å². The zero-order valence-electron chi connectivity index (χ0n) is 16.2. The summed E-state index contributed by atoms with van der Waals surface area (Å²) < 4.78 is 42.0. The molecule has 0 bridgehead atoms. The lowest BCUT2D eigenvalue weighted by Crippen LogP contribution is -2.18. The molecular formula is C21H21BrF3NO4. The third kappa shape index (κ3) is 5.41. The smallest absolute Gasteiger partial charge is 0.417 e. The van der Waals surface area contributed by atoms with Crippen LogP contribution in [0.1, 0.15) is 40.4 Å². The molecule has 0 aliphatic heterocycles. The Labute approximate surface area is 180 Å². The average Bonchev–Trinajstić information content (AvgIpc) is 2.64. The average molecular weight is 488 g/mol. The van der Waals surface area contributed by atoms with Crippen LogP contribution in [0.2, 0.25) is 0 Å². The lowest BCUT2D eigenvalue weighted by atomic mass is 9.93. The minimum atomic E-state index is -4.72. The number of allylic oxidation sites excluding steroid dienone is 1. The maximum absolute atomic E-state index is 14.0. The van der Waals surface area contributed by atoms with Gasteiger partial charge in [0.2, 0.25) is 0 Å². The summed E-state index contributed by atoms with van der Waals surface area (Å²) in [5.74, 6) is -1.21. The number of aliphatic hydroxyl groups is 2. The SMILES string of the molecule is CCC=C(Cc1c(Br)cc(Nc2ccccc2C(=O)O)c(C)c1C(F)(F)F)C(O)O. The zero-order chi connectivity index (χ0) is 22.6. The van der Waals surface area contributed by atoms with Crippen molar-refractivity contribution in [2.24, 2.45) is 0 Å². The Morgan fingerprint density at radius 1 is 1.23 bits per heavy atom. The van der Waals surface area contributed by atoms with Gasteiger partial charge in [0.25, 0.3) is 0 Å². The zero-order valence-corrected chi connectivity index (χ0v) is 17.8. The first-order chi connectivity index (χ1) is 14.0. The molecule has 0 aliphatic carbocycles. The molecule has 5 nitrogen and oxygen atoms in total. The van der Waals surface area contributed by atoms with E-state index in [0.717, 1.165) is 0 Å². The molecule has 162 valence electrons. The molecule has 0 aliphatic rings. The molecule has 0 unspecified atom stereocenters. The van der Waals surface area contributed by atoms with Crippen molar-refractivity contribution in [3.05, 3.63) is 68.7 Å². The van der Waals surface area contributed by atoms with Gasteiger partial charge in [0, 0.05) is 16.6 Å². The van der Waals surface area contributed by atoms with E-state index in [9.17, 15) is 33.3 Å². The van der Waals surface area contributed by atoms with Crippen LogP contribution in [0.5, 0.6) is 0 Å². The van der Waals surface area contributed by atoms with Crippen molar-refractivity contribution in [3.63, 3.8) is 0 Å². The summed E-state index contributed by atoms with van der Waals surface area (Å²) in [6.45, 7) is 3.02. The number of hydrogen-bond acceptors (Lipinski definition) is 4. The lowest BCUT2D eigenvalue weighted by Gasteiger charge is -2.23. The Balaban J connectivity index is 2.64. The van der Waals surface area contributed by atoms with Crippen molar-refractivity contribution in [3.8, 4) is 0 Å². The summed E-state index contributed by atoms with van der Waals surface area (Å²) in [5, 5.41) is 31.1. The number of aromatic carboxylic acids is 1. The Bertz CT molecular complexity index is 971. The molecule has 0 atom stereocenters. The highest BCUT2D eigenvalue weighted by atomic mass is 79.9. The molecule has 0 radical (unpaired) electrons. The fraction of sp³-hybridized carbons (Fsp3) is 0.286. The predicted octanol–water partition coefficient (Wildman–Crippen LogP) is 5.41. The summed E-state index contributed by atoms with van der Waals surface area (Å²) in [4.78, 5) is 11.4. The van der Waals surface area contributed by atoms with Crippen LogP contribution >= 0.6 is 15.9 Å². The minimum absolute atomic E-state index is 0.0556. The molecule has 0 heterocycles. The quantitative estimate of drug-likeness (QED) is 0.309. The maximum atomic E-state index is 14.0. The monoisotopic (exact) mass is 487 g/mol. The lowest BCUT2D eigenvalue weighted by molar-refractivity contribution is -0.138. The number of anilines is 2. The number of benzene rings is 2. The second-order valence-electron chi connectivity index (χ2n) is 6.60. The van der Waals surface area contributed by atoms with Crippen molar-refractivity contribution in [2.75, 3.05) is 5.32 Å². The van der Waals surface area contributed by atoms with Crippen molar-refractivity contribution in [1.29, 1.82) is 0 Å². The van der Waals surface area contributed by atoms with Gasteiger partial charge in [0.05, 0.1) is 16.8 Å². The van der Waals surface area contributed by atoms with E-state index in [2.05, 4.69) is 21.2 Å². The molecule has 0 aromatic heterocycles. The minimum Gasteiger partial charge on any atom is -0.478 e. The van der Waals surface area contributed by atoms with Gasteiger partial charge in [-0.15, -0.1) is 0 Å². The Kier molecular flexibility index (Phi) is 7.68. The third-order valence-electron chi connectivity index (χ3n) is 4.53. The highest BCUT2D eigenvalue weighted by Gasteiger charge is 2.37. The fourth-order valence-electron chi connectivity index (χ4n) is 3.15. The van der Waals surface area contributed by atoms with E-state index in [4.69, 9.17) is 0 Å². The highest BCUT2D eigenvalue weighted by Crippen LogP contribution is 2.42. The topological polar surface area (TPSA) is 89.8 Å². The second-order valence-corrected chi connectivity index (χ2v) is 7.45. The van der Waals surface area contributed by atoms with Crippen LogP contribution in [0, 0.1) is 6.92 Å². The van der Waals surface area contributed by atoms with Crippen LogP contribution in [0.4, 0.5) is 24.5 Å². The van der Waals surface area contributed by atoms with E-state index < -0.39 is 24.0 Å². The molecule has 0 fully saturated rings. The number of carbonyl (C=O) groups is 1. The van der Waals surface area contributed by atoms with Gasteiger partial charge in [-0.25, -0.2) is 4.79 Å². The fourth-order valence-corrected chi connectivity index (χ4v) is 3.72. The Morgan fingerprint density at radius 3 is 2.40 bits per heavy atom. The molecule has 0 spiro atoms. The Morgan fingerprint density at radius 2 is 1.87 bits per heavy atom. The summed E-state index contributed by atoms with van der Waals surface area (Å²) in [7, 11) is 0. The highest BCUT2D eigenvalue weighted by molar-refractivity contribution is 9.10. The molecule has 9 heteroatoms. The molecule has 30 heavy (non-hydrogen) atoms. The van der Waals surface area contributed by atoms with E-state index in [1.807, 2.05) is 0 Å². The van der Waals surface area contributed by atoms with Crippen molar-refractivity contribution >= 4 is 33.3 Å². The molecule has 0 amide bonds. The van der Waals surface area contributed by atoms with Crippen molar-refractivity contribution < 1.29 is 33.3 Å². The molecule has 0 saturated heterocycles. The third-order valence-corrected chi connectivity index (χ3v) is 5.24. The van der Waals surface area contributed by atoms with Gasteiger partial charge in [-0.3, -0.25) is 0 Å². The number of halogens is 4. The number of rotatable bonds is 7. The normalized spacial score (nSPS) is 12.4. The number of nitrogens with one attached hydrogen (secondary N) is 1. The molecule has 2 rings (SSSR count). The number of carboxylic acid groups (broad SMARTS) is 1. The van der Waals surface area contributed by atoms with E-state index in [0.29, 0.717) is 6.42 Å². The van der Waals surface area contributed by atoms with Gasteiger partial charge >= 0.3 is 12.1 Å². The van der Waals surface area contributed by atoms with Gasteiger partial charge in [-0.05, 0) is 48.2 Å². The summed E-state index contributed by atoms with van der Waals surface area (Å²) in [6, 6.07) is 7.32. The van der Waals surface area contributed by atoms with Gasteiger partial charge in [-0.1, -0.05) is 41.1 Å². The number of aliphatic hydroxyl groups excluding tert-OH is 1. The van der Waals surface area contributed by atoms with Crippen LogP contribution in [0.15, 0.2) is 46.5 Å². The first kappa shape index (κ1) is 23.9. The Hall–Kier alpha value is -2.36. The van der Waals surface area contributed by atoms with Gasteiger partial charge in [0.15, 0.2) is 6.29 Å². The largest absolute Gasteiger partial charge is 0.478 e. The van der Waals surface area contributed by atoms with Gasteiger partial charge in [-0.2, -0.15) is 13.2 Å². The maximum Gasteiger partial charge on any atom is 0.417 e. The number of carboxylic acids is 1. The van der Waals surface area contributed by atoms with E-state index in [1.165, 1.54) is 37.3 Å². The number of para-hydroxylation sites is 1. The van der Waals surface area contributed by atoms with Crippen LogP contribution in [-0.4, -0.2) is 27.6 Å². The molecule has 2 aromatic rings. The standard InChI is InChI=1S/C21H21BrF3NO4/c1-3-6-12(19(27)28)9-14-15(22)10-17(11(2)18(14)21(23,24)25)26-16-8-5-4-7-13(16)20(29)30/h4-8,10,19,26-28H,3,9H2,1-2H3,(H,29,30). The predicted molar refractivity (Wildman–Crippen MR) is 111 cm³/mol. The van der Waals surface area contributed by atoms with Crippen LogP contribution in [0.25, 0.3) is 0 Å². The van der Waals surface area contributed by atoms with Gasteiger partial charge < -0.3 is 20.6 Å². The molecule has 0 saturated carbocycles. The van der Waals surface area contributed by atoms with E-state index >= 15 is 0 Å². The summed E-state index contributed by atoms with van der Waals surface area (Å²) >= 11 is 3.17. The van der Waals surface area contributed by atoms with Gasteiger partial charge in [0.1, 0.15) is 0 Å². The van der Waals surface area contributed by atoms with E-state index in [-0.39, 0.29) is 44.5 Å². The molecule has 2 aromatic carbocycles. The van der Waals surface area contributed by atoms with E-state index in [1.54, 1.807) is 13.0 Å². The number of hydrogen-bond donors (Lipinski definition) is 4. The molecule has 4 N–H and O–H groups in total. The first-order valence-electron chi connectivity index (χ1n) is 9.00. The molecular weight excluding hydrogens is 467 g/mol. The van der Waals surface area contributed by atoms with Crippen molar-refractivity contribution in [2.45, 2.75) is 39.2 Å².